The fourth-order valence-corrected chi connectivity index (χ4v) is 5.50. The van der Waals surface area contributed by atoms with Crippen LogP contribution in [0.25, 0.3) is 10.8 Å². The SMILES string of the molecule is CCC(C)N(C(=O)C(Cc1ccccc1)NC(=O)OC(C)(C)C)C(C(=O)Nc1ccc2ccccc2c1)c1ccc(C)cc1C. The third kappa shape index (κ3) is 8.72. The molecule has 0 saturated carbocycles. The molecule has 4 rings (SSSR count). The van der Waals surface area contributed by atoms with Crippen LogP contribution in [-0.2, 0) is 20.7 Å². The van der Waals surface area contributed by atoms with E-state index in [9.17, 15) is 14.4 Å². The van der Waals surface area contributed by atoms with E-state index in [0.717, 1.165) is 33.0 Å². The zero-order valence-electron chi connectivity index (χ0n) is 27.4. The molecule has 3 amide bonds. The Morgan fingerprint density at radius 1 is 0.844 bits per heavy atom. The smallest absolute Gasteiger partial charge is 0.408 e. The second-order valence-corrected chi connectivity index (χ2v) is 12.7. The van der Waals surface area contributed by atoms with Gasteiger partial charge in [0.2, 0.25) is 5.91 Å². The molecule has 0 aliphatic heterocycles. The molecule has 0 aromatic heterocycles. The number of hydrogen-bond acceptors (Lipinski definition) is 4. The third-order valence-corrected chi connectivity index (χ3v) is 7.86. The van der Waals surface area contributed by atoms with Crippen molar-refractivity contribution in [1.82, 2.24) is 10.2 Å². The van der Waals surface area contributed by atoms with Gasteiger partial charge < -0.3 is 20.3 Å². The highest BCUT2D eigenvalue weighted by atomic mass is 16.6. The Hall–Kier alpha value is -4.65. The van der Waals surface area contributed by atoms with Crippen LogP contribution in [0.5, 0.6) is 0 Å². The van der Waals surface area contributed by atoms with E-state index in [1.54, 1.807) is 25.7 Å². The molecule has 0 bridgehead atoms. The van der Waals surface area contributed by atoms with Crippen LogP contribution in [0, 0.1) is 13.8 Å². The van der Waals surface area contributed by atoms with Crippen LogP contribution in [-0.4, -0.2) is 40.5 Å². The van der Waals surface area contributed by atoms with Crippen LogP contribution in [0.3, 0.4) is 0 Å². The summed E-state index contributed by atoms with van der Waals surface area (Å²) in [5, 5.41) is 8.00. The molecular formula is C38H45N3O4. The topological polar surface area (TPSA) is 87.7 Å². The summed E-state index contributed by atoms with van der Waals surface area (Å²) in [5.41, 5.74) is 3.44. The van der Waals surface area contributed by atoms with Gasteiger partial charge in [-0.2, -0.15) is 0 Å². The van der Waals surface area contributed by atoms with Crippen LogP contribution in [0.4, 0.5) is 10.5 Å². The third-order valence-electron chi connectivity index (χ3n) is 7.86. The molecule has 4 aromatic rings. The van der Waals surface area contributed by atoms with Crippen LogP contribution >= 0.6 is 0 Å². The molecule has 7 heteroatoms. The number of fused-ring (bicyclic) bond motifs is 1. The first kappa shape index (κ1) is 33.2. The molecule has 0 heterocycles. The summed E-state index contributed by atoms with van der Waals surface area (Å²) in [6.07, 6.45) is 0.142. The summed E-state index contributed by atoms with van der Waals surface area (Å²) >= 11 is 0. The lowest BCUT2D eigenvalue weighted by molar-refractivity contribution is -0.143. The summed E-state index contributed by atoms with van der Waals surface area (Å²) in [6, 6.07) is 26.9. The van der Waals surface area contributed by atoms with Crippen LogP contribution < -0.4 is 10.6 Å². The summed E-state index contributed by atoms with van der Waals surface area (Å²) in [7, 11) is 0. The van der Waals surface area contributed by atoms with Gasteiger partial charge >= 0.3 is 6.09 Å². The zero-order chi connectivity index (χ0) is 32.7. The minimum atomic E-state index is -0.974. The molecule has 2 N–H and O–H groups in total. The van der Waals surface area contributed by atoms with E-state index in [0.29, 0.717) is 12.1 Å². The van der Waals surface area contributed by atoms with E-state index in [1.165, 1.54) is 0 Å². The summed E-state index contributed by atoms with van der Waals surface area (Å²) in [4.78, 5) is 43.9. The molecule has 0 saturated heterocycles. The predicted octanol–water partition coefficient (Wildman–Crippen LogP) is 7.90. The van der Waals surface area contributed by atoms with E-state index in [2.05, 4.69) is 10.6 Å². The van der Waals surface area contributed by atoms with E-state index >= 15 is 0 Å². The molecule has 0 aliphatic carbocycles. The standard InChI is InChI=1S/C38H45N3O4/c1-8-27(4)41(36(43)33(23-28-14-10-9-11-15-28)40-37(44)45-38(5,6)7)34(32-21-18-25(2)22-26(32)3)35(42)39-31-20-19-29-16-12-13-17-30(29)24-31/h9-22,24,27,33-34H,8,23H2,1-7H3,(H,39,42)(H,40,44). The minimum absolute atomic E-state index is 0.234. The van der Waals surface area contributed by atoms with Gasteiger partial charge in [0.1, 0.15) is 17.7 Å². The lowest BCUT2D eigenvalue weighted by Crippen LogP contribution is -2.55. The number of rotatable bonds is 10. The van der Waals surface area contributed by atoms with E-state index in [1.807, 2.05) is 119 Å². The van der Waals surface area contributed by atoms with Crippen molar-refractivity contribution >= 4 is 34.4 Å². The Bertz CT molecular complexity index is 1640. The van der Waals surface area contributed by atoms with Gasteiger partial charge in [0.05, 0.1) is 0 Å². The monoisotopic (exact) mass is 607 g/mol. The maximum Gasteiger partial charge on any atom is 0.408 e. The lowest BCUT2D eigenvalue weighted by atomic mass is 9.94. The Morgan fingerprint density at radius 3 is 2.16 bits per heavy atom. The van der Waals surface area contributed by atoms with Crippen molar-refractivity contribution < 1.29 is 19.1 Å². The van der Waals surface area contributed by atoms with Crippen molar-refractivity contribution in [1.29, 1.82) is 0 Å². The quantitative estimate of drug-likeness (QED) is 0.192. The number of anilines is 1. The van der Waals surface area contributed by atoms with Gasteiger partial charge in [-0.1, -0.05) is 91.3 Å². The maximum atomic E-state index is 14.7. The molecule has 0 radical (unpaired) electrons. The van der Waals surface area contributed by atoms with Gasteiger partial charge in [0.15, 0.2) is 0 Å². The van der Waals surface area contributed by atoms with Crippen LogP contribution in [0.15, 0.2) is 91.0 Å². The average Bonchev–Trinajstić information content (AvgIpc) is 2.99. The van der Waals surface area contributed by atoms with Crippen molar-refractivity contribution in [2.24, 2.45) is 0 Å². The van der Waals surface area contributed by atoms with E-state index in [-0.39, 0.29) is 24.3 Å². The Balaban J connectivity index is 1.79. The first-order valence-electron chi connectivity index (χ1n) is 15.6. The Labute approximate surface area is 267 Å². The number of hydrogen-bond donors (Lipinski definition) is 2. The molecule has 4 aromatic carbocycles. The number of alkyl carbamates (subject to hydrolysis) is 1. The second kappa shape index (κ2) is 14.4. The molecule has 236 valence electrons. The summed E-state index contributed by atoms with van der Waals surface area (Å²) in [5.74, 6) is -0.695. The summed E-state index contributed by atoms with van der Waals surface area (Å²) < 4.78 is 5.56. The number of benzene rings is 4. The van der Waals surface area contributed by atoms with Crippen molar-refractivity contribution in [3.8, 4) is 0 Å². The highest BCUT2D eigenvalue weighted by Crippen LogP contribution is 2.31. The number of aryl methyl sites for hydroxylation is 2. The molecule has 3 unspecified atom stereocenters. The molecule has 0 spiro atoms. The number of carbonyl (C=O) groups excluding carboxylic acids is 3. The lowest BCUT2D eigenvalue weighted by Gasteiger charge is -2.39. The fourth-order valence-electron chi connectivity index (χ4n) is 5.50. The first-order valence-corrected chi connectivity index (χ1v) is 15.6. The number of nitrogens with zero attached hydrogens (tertiary/aromatic N) is 1. The van der Waals surface area contributed by atoms with Crippen LogP contribution in [0.1, 0.15) is 69.3 Å². The molecule has 7 nitrogen and oxygen atoms in total. The summed E-state index contributed by atoms with van der Waals surface area (Å²) in [6.45, 7) is 13.2. The van der Waals surface area contributed by atoms with Crippen molar-refractivity contribution in [3.05, 3.63) is 113 Å². The van der Waals surface area contributed by atoms with E-state index < -0.39 is 23.8 Å². The van der Waals surface area contributed by atoms with Gasteiger partial charge in [0, 0.05) is 18.2 Å². The Kier molecular flexibility index (Phi) is 10.7. The molecule has 45 heavy (non-hydrogen) atoms. The van der Waals surface area contributed by atoms with Crippen molar-refractivity contribution in [3.63, 3.8) is 0 Å². The highest BCUT2D eigenvalue weighted by Gasteiger charge is 2.39. The average molecular weight is 608 g/mol. The minimum Gasteiger partial charge on any atom is -0.444 e. The van der Waals surface area contributed by atoms with Gasteiger partial charge in [-0.25, -0.2) is 4.79 Å². The van der Waals surface area contributed by atoms with Gasteiger partial charge in [-0.05, 0) is 87.6 Å². The van der Waals surface area contributed by atoms with Gasteiger partial charge in [0.25, 0.3) is 5.91 Å². The fraction of sp³-hybridized carbons (Fsp3) is 0.342. The molecule has 3 atom stereocenters. The van der Waals surface area contributed by atoms with Crippen molar-refractivity contribution in [2.45, 2.75) is 85.0 Å². The van der Waals surface area contributed by atoms with Crippen molar-refractivity contribution in [2.75, 3.05) is 5.32 Å². The predicted molar refractivity (Wildman–Crippen MR) is 181 cm³/mol. The molecule has 0 fully saturated rings. The van der Waals surface area contributed by atoms with E-state index in [4.69, 9.17) is 4.74 Å². The largest absolute Gasteiger partial charge is 0.444 e. The Morgan fingerprint density at radius 2 is 1.51 bits per heavy atom. The highest BCUT2D eigenvalue weighted by molar-refractivity contribution is 6.00. The first-order chi connectivity index (χ1) is 21.4. The number of amides is 3. The van der Waals surface area contributed by atoms with Crippen LogP contribution in [0.2, 0.25) is 0 Å². The van der Waals surface area contributed by atoms with Gasteiger partial charge in [-0.3, -0.25) is 9.59 Å². The molecule has 0 aliphatic rings. The normalized spacial score (nSPS) is 13.4. The zero-order valence-corrected chi connectivity index (χ0v) is 27.4. The maximum absolute atomic E-state index is 14.7. The number of ether oxygens (including phenoxy) is 1. The number of carbonyl (C=O) groups is 3. The second-order valence-electron chi connectivity index (χ2n) is 12.7. The number of nitrogens with one attached hydrogen (secondary N) is 2. The molecular weight excluding hydrogens is 562 g/mol. The van der Waals surface area contributed by atoms with Gasteiger partial charge in [-0.15, -0.1) is 0 Å².